The number of hydrogen-bond acceptors (Lipinski definition) is 3. The van der Waals surface area contributed by atoms with E-state index in [4.69, 9.17) is 0 Å². The molecule has 4 aromatic rings. The molecule has 138 valence electrons. The van der Waals surface area contributed by atoms with Gasteiger partial charge in [0.1, 0.15) is 0 Å². The van der Waals surface area contributed by atoms with Crippen LogP contribution < -0.4 is 5.32 Å². The summed E-state index contributed by atoms with van der Waals surface area (Å²) < 4.78 is 1.90. The number of para-hydroxylation sites is 2. The Bertz CT molecular complexity index is 1290. The number of carbonyl (C=O) groups excluding carboxylic acids is 2. The molecule has 0 unspecified atom stereocenters. The van der Waals surface area contributed by atoms with E-state index < -0.39 is 11.8 Å². The number of imide groups is 1. The summed E-state index contributed by atoms with van der Waals surface area (Å²) in [6, 6.07) is 15.3. The van der Waals surface area contributed by atoms with Gasteiger partial charge < -0.3 is 14.7 Å². The lowest BCUT2D eigenvalue weighted by Crippen LogP contribution is -2.22. The van der Waals surface area contributed by atoms with Gasteiger partial charge in [-0.15, -0.1) is 0 Å². The minimum atomic E-state index is -0.407. The van der Waals surface area contributed by atoms with Crippen molar-refractivity contribution in [1.82, 2.24) is 14.9 Å². The number of hydrogen-bond donors (Lipinski definition) is 3. The molecule has 0 saturated carbocycles. The van der Waals surface area contributed by atoms with Crippen LogP contribution in [0, 0.1) is 0 Å². The van der Waals surface area contributed by atoms with Gasteiger partial charge in [-0.05, 0) is 17.5 Å². The number of aliphatic hydroxyl groups is 1. The molecule has 5 rings (SSSR count). The quantitative estimate of drug-likeness (QED) is 0.482. The topological polar surface area (TPSA) is 87.1 Å². The molecule has 6 nitrogen and oxygen atoms in total. The molecule has 1 aliphatic rings. The van der Waals surface area contributed by atoms with E-state index in [9.17, 15) is 14.7 Å². The predicted molar refractivity (Wildman–Crippen MR) is 107 cm³/mol. The van der Waals surface area contributed by atoms with Gasteiger partial charge in [0.05, 0.1) is 23.3 Å². The van der Waals surface area contributed by atoms with Crippen LogP contribution in [0.3, 0.4) is 0 Å². The molecule has 0 spiro atoms. The predicted octanol–water partition coefficient (Wildman–Crippen LogP) is 2.68. The van der Waals surface area contributed by atoms with Crippen molar-refractivity contribution in [2.75, 3.05) is 6.61 Å². The maximum atomic E-state index is 12.8. The van der Waals surface area contributed by atoms with Gasteiger partial charge in [-0.3, -0.25) is 14.9 Å². The first-order chi connectivity index (χ1) is 13.7. The van der Waals surface area contributed by atoms with E-state index in [2.05, 4.69) is 10.3 Å². The third-order valence-corrected chi connectivity index (χ3v) is 5.19. The number of aromatic amines is 1. The summed E-state index contributed by atoms with van der Waals surface area (Å²) in [6.07, 6.45) is 3.65. The van der Waals surface area contributed by atoms with Crippen LogP contribution in [-0.4, -0.2) is 33.1 Å². The number of rotatable bonds is 4. The van der Waals surface area contributed by atoms with Crippen molar-refractivity contribution in [3.8, 4) is 0 Å². The Labute approximate surface area is 160 Å². The molecule has 0 radical (unpaired) electrons. The molecule has 6 heteroatoms. The monoisotopic (exact) mass is 371 g/mol. The van der Waals surface area contributed by atoms with Crippen molar-refractivity contribution in [3.05, 3.63) is 72.1 Å². The lowest BCUT2D eigenvalue weighted by Gasteiger charge is -2.06. The molecule has 3 N–H and O–H groups in total. The number of amides is 2. The Morgan fingerprint density at radius 3 is 2.50 bits per heavy atom. The second-order valence-electron chi connectivity index (χ2n) is 6.76. The molecule has 28 heavy (non-hydrogen) atoms. The van der Waals surface area contributed by atoms with Crippen LogP contribution in [0.15, 0.2) is 60.9 Å². The van der Waals surface area contributed by atoms with Crippen LogP contribution in [0.25, 0.3) is 33.0 Å². The van der Waals surface area contributed by atoms with Crippen LogP contribution in [0.5, 0.6) is 0 Å². The van der Waals surface area contributed by atoms with Gasteiger partial charge in [0.2, 0.25) is 0 Å². The molecular weight excluding hydrogens is 354 g/mol. The number of nitrogens with one attached hydrogen (secondary N) is 2. The summed E-state index contributed by atoms with van der Waals surface area (Å²) in [4.78, 5) is 28.7. The number of carbonyl (C=O) groups is 2. The molecule has 0 atom stereocenters. The van der Waals surface area contributed by atoms with Crippen LogP contribution in [-0.2, 0) is 16.1 Å². The third kappa shape index (κ3) is 2.32. The number of aliphatic hydroxyl groups excluding tert-OH is 1. The number of fused-ring (bicyclic) bond motifs is 2. The number of nitrogens with zero attached hydrogens (tertiary/aromatic N) is 1. The van der Waals surface area contributed by atoms with Crippen molar-refractivity contribution in [1.29, 1.82) is 0 Å². The molecular formula is C22H17N3O3. The standard InChI is InChI=1S/C22H17N3O3/c26-11-10-25-12-16(14-5-1-2-7-17(14)25)19-18(21(27)24-22(19)28)15-6-3-4-13-8-9-23-20(13)15/h1-9,12,23,26H,10-11H2,(H,24,27,28). The zero-order valence-electron chi connectivity index (χ0n) is 14.9. The van der Waals surface area contributed by atoms with E-state index >= 15 is 0 Å². The second kappa shape index (κ2) is 6.21. The Morgan fingerprint density at radius 1 is 0.893 bits per heavy atom. The SMILES string of the molecule is O=C1NC(=O)C(c2cccc3cc[nH]c23)=C1c1cn(CCO)c2ccccc12. The van der Waals surface area contributed by atoms with Gasteiger partial charge >= 0.3 is 0 Å². The van der Waals surface area contributed by atoms with E-state index in [1.807, 2.05) is 65.5 Å². The van der Waals surface area contributed by atoms with Gasteiger partial charge in [-0.25, -0.2) is 0 Å². The highest BCUT2D eigenvalue weighted by Gasteiger charge is 2.34. The first-order valence-corrected chi connectivity index (χ1v) is 9.04. The fourth-order valence-corrected chi connectivity index (χ4v) is 4.00. The molecule has 0 aliphatic carbocycles. The largest absolute Gasteiger partial charge is 0.395 e. The average Bonchev–Trinajstić information content (AvgIpc) is 3.38. The number of aromatic nitrogens is 2. The fourth-order valence-electron chi connectivity index (χ4n) is 4.00. The van der Waals surface area contributed by atoms with Crippen LogP contribution >= 0.6 is 0 Å². The van der Waals surface area contributed by atoms with Gasteiger partial charge in [0, 0.05) is 41.0 Å². The summed E-state index contributed by atoms with van der Waals surface area (Å²) in [5, 5.41) is 13.7. The Hall–Kier alpha value is -3.64. The summed E-state index contributed by atoms with van der Waals surface area (Å²) in [6.45, 7) is 0.391. The maximum Gasteiger partial charge on any atom is 0.259 e. The van der Waals surface area contributed by atoms with Gasteiger partial charge in [0.25, 0.3) is 11.8 Å². The lowest BCUT2D eigenvalue weighted by atomic mass is 9.95. The number of H-pyrrole nitrogens is 1. The Balaban J connectivity index is 1.84. The van der Waals surface area contributed by atoms with E-state index in [-0.39, 0.29) is 6.61 Å². The first kappa shape index (κ1) is 16.5. The zero-order chi connectivity index (χ0) is 19.3. The highest BCUT2D eigenvalue weighted by molar-refractivity contribution is 6.50. The molecule has 2 aromatic heterocycles. The smallest absolute Gasteiger partial charge is 0.259 e. The van der Waals surface area contributed by atoms with E-state index in [0.717, 1.165) is 21.8 Å². The van der Waals surface area contributed by atoms with Crippen molar-refractivity contribution in [2.24, 2.45) is 0 Å². The average molecular weight is 371 g/mol. The zero-order valence-corrected chi connectivity index (χ0v) is 14.9. The summed E-state index contributed by atoms with van der Waals surface area (Å²) in [5.41, 5.74) is 3.83. The van der Waals surface area contributed by atoms with Crippen molar-refractivity contribution >= 4 is 44.8 Å². The summed E-state index contributed by atoms with van der Waals surface area (Å²) in [7, 11) is 0. The van der Waals surface area contributed by atoms with Crippen molar-refractivity contribution < 1.29 is 14.7 Å². The highest BCUT2D eigenvalue weighted by Crippen LogP contribution is 2.37. The van der Waals surface area contributed by atoms with Gasteiger partial charge in [0.15, 0.2) is 0 Å². The minimum absolute atomic E-state index is 0.0169. The van der Waals surface area contributed by atoms with Crippen molar-refractivity contribution in [3.63, 3.8) is 0 Å². The molecule has 0 saturated heterocycles. The lowest BCUT2D eigenvalue weighted by molar-refractivity contribution is -0.122. The molecule has 0 fully saturated rings. The van der Waals surface area contributed by atoms with E-state index in [1.165, 1.54) is 0 Å². The van der Waals surface area contributed by atoms with Crippen LogP contribution in [0.1, 0.15) is 11.1 Å². The Morgan fingerprint density at radius 2 is 1.68 bits per heavy atom. The normalized spacial score (nSPS) is 14.5. The molecule has 1 aliphatic heterocycles. The summed E-state index contributed by atoms with van der Waals surface area (Å²) in [5.74, 6) is -0.809. The second-order valence-corrected chi connectivity index (χ2v) is 6.76. The fraction of sp³-hybridized carbons (Fsp3) is 0.0909. The maximum absolute atomic E-state index is 12.8. The van der Waals surface area contributed by atoms with E-state index in [0.29, 0.717) is 28.8 Å². The van der Waals surface area contributed by atoms with Gasteiger partial charge in [-0.1, -0.05) is 36.4 Å². The summed E-state index contributed by atoms with van der Waals surface area (Å²) >= 11 is 0. The van der Waals surface area contributed by atoms with Gasteiger partial charge in [-0.2, -0.15) is 0 Å². The molecule has 3 heterocycles. The van der Waals surface area contributed by atoms with Crippen LogP contribution in [0.2, 0.25) is 0 Å². The Kier molecular flexibility index (Phi) is 3.67. The highest BCUT2D eigenvalue weighted by atomic mass is 16.3. The molecule has 2 amide bonds. The van der Waals surface area contributed by atoms with Crippen molar-refractivity contribution in [2.45, 2.75) is 6.54 Å². The van der Waals surface area contributed by atoms with Crippen LogP contribution in [0.4, 0.5) is 0 Å². The third-order valence-electron chi connectivity index (χ3n) is 5.19. The van der Waals surface area contributed by atoms with E-state index in [1.54, 1.807) is 0 Å². The minimum Gasteiger partial charge on any atom is -0.395 e. The number of benzene rings is 2. The first-order valence-electron chi connectivity index (χ1n) is 9.04. The molecule has 2 aromatic carbocycles. The molecule has 0 bridgehead atoms.